The van der Waals surface area contributed by atoms with Gasteiger partial charge in [-0.25, -0.2) is 5.57 Å². The number of rotatable bonds is 1. The summed E-state index contributed by atoms with van der Waals surface area (Å²) >= 11 is 0. The second-order valence-electron chi connectivity index (χ2n) is 1.61. The number of hydrogen-bond acceptors (Lipinski definition) is 0. The Kier molecular flexibility index (Phi) is 4.36. The molecule has 9 heavy (non-hydrogen) atoms. The fourth-order valence-corrected chi connectivity index (χ4v) is 0.585. The van der Waals surface area contributed by atoms with Crippen molar-refractivity contribution in [2.45, 2.75) is 6.42 Å². The first-order chi connectivity index (χ1) is 3.93. The molecule has 0 aromatic rings. The van der Waals surface area contributed by atoms with Crippen LogP contribution in [0, 0.1) is 6.08 Å². The van der Waals surface area contributed by atoms with Gasteiger partial charge in [-0.3, -0.25) is 6.08 Å². The van der Waals surface area contributed by atoms with Gasteiger partial charge in [-0.2, -0.15) is 12.7 Å². The van der Waals surface area contributed by atoms with Crippen molar-refractivity contribution in [3.8, 4) is 0 Å². The maximum atomic E-state index is 3.52. The topological polar surface area (TPSA) is 0 Å². The molecule has 1 radical (unpaired) electrons. The van der Waals surface area contributed by atoms with Crippen molar-refractivity contribution >= 4 is 0 Å². The molecule has 0 aliphatic heterocycles. The predicted molar refractivity (Wildman–Crippen MR) is 34.2 cm³/mol. The van der Waals surface area contributed by atoms with Gasteiger partial charge >= 0.3 is 0 Å². The molecular formula is C8H7Re-. The molecule has 1 aliphatic rings. The van der Waals surface area contributed by atoms with Crippen LogP contribution in [0.25, 0.3) is 0 Å². The summed E-state index contributed by atoms with van der Waals surface area (Å²) in [7, 11) is 0. The third kappa shape index (κ3) is 2.63. The second-order valence-corrected chi connectivity index (χ2v) is 1.61. The Morgan fingerprint density at radius 1 is 1.67 bits per heavy atom. The fourth-order valence-electron chi connectivity index (χ4n) is 0.585. The van der Waals surface area contributed by atoms with E-state index in [4.69, 9.17) is 0 Å². The molecule has 0 aromatic carbocycles. The van der Waals surface area contributed by atoms with Crippen molar-refractivity contribution in [3.05, 3.63) is 42.2 Å². The summed E-state index contributed by atoms with van der Waals surface area (Å²) < 4.78 is 0. The molecular weight excluding hydrogens is 282 g/mol. The van der Waals surface area contributed by atoms with E-state index in [2.05, 4.69) is 18.4 Å². The predicted octanol–water partition coefficient (Wildman–Crippen LogP) is 2.01. The second kappa shape index (κ2) is 4.53. The molecule has 1 rings (SSSR count). The first-order valence-electron chi connectivity index (χ1n) is 2.56. The zero-order chi connectivity index (χ0) is 5.82. The van der Waals surface area contributed by atoms with Gasteiger partial charge < -0.3 is 0 Å². The van der Waals surface area contributed by atoms with Crippen LogP contribution < -0.4 is 0 Å². The molecule has 1 aliphatic carbocycles. The van der Waals surface area contributed by atoms with Gasteiger partial charge in [0.2, 0.25) is 0 Å². The first kappa shape index (κ1) is 8.66. The molecule has 0 fully saturated rings. The van der Waals surface area contributed by atoms with E-state index in [1.807, 2.05) is 18.2 Å². The van der Waals surface area contributed by atoms with E-state index in [1.54, 1.807) is 0 Å². The summed E-state index contributed by atoms with van der Waals surface area (Å²) in [5.74, 6) is 0. The van der Waals surface area contributed by atoms with Gasteiger partial charge in [0.25, 0.3) is 0 Å². The number of allylic oxidation sites excluding steroid dienone is 4. The van der Waals surface area contributed by atoms with Gasteiger partial charge in [0.15, 0.2) is 0 Å². The van der Waals surface area contributed by atoms with Crippen molar-refractivity contribution in [1.29, 1.82) is 0 Å². The van der Waals surface area contributed by atoms with Crippen molar-refractivity contribution in [2.24, 2.45) is 0 Å². The standard InChI is InChI=1S/C8H7.Re/c1-2-8-6-4-3-5-7-8;/h4-6H,1,7H2;/q-1;. The van der Waals surface area contributed by atoms with Crippen LogP contribution in [0.1, 0.15) is 6.42 Å². The average molecular weight is 289 g/mol. The Morgan fingerprint density at radius 2 is 2.44 bits per heavy atom. The zero-order valence-electron chi connectivity index (χ0n) is 5.02. The van der Waals surface area contributed by atoms with Crippen LogP contribution in [0.3, 0.4) is 0 Å². The quantitative estimate of drug-likeness (QED) is 0.512. The van der Waals surface area contributed by atoms with E-state index in [0.29, 0.717) is 0 Å². The normalized spacial score (nSPS) is 14.0. The molecule has 0 saturated heterocycles. The fraction of sp³-hybridized carbons (Fsp3) is 0.125. The maximum Gasteiger partial charge on any atom is 0 e. The monoisotopic (exact) mass is 290 g/mol. The number of hydrogen-bond donors (Lipinski definition) is 0. The molecule has 0 amide bonds. The minimum Gasteiger partial charge on any atom is -0.255 e. The Morgan fingerprint density at radius 3 is 2.78 bits per heavy atom. The van der Waals surface area contributed by atoms with Crippen LogP contribution in [0.4, 0.5) is 0 Å². The van der Waals surface area contributed by atoms with E-state index in [0.717, 1.165) is 12.0 Å². The smallest absolute Gasteiger partial charge is 0 e. The van der Waals surface area contributed by atoms with Gasteiger partial charge in [0, 0.05) is 20.4 Å². The summed E-state index contributed by atoms with van der Waals surface area (Å²) in [5, 5.41) is 0. The van der Waals surface area contributed by atoms with E-state index < -0.39 is 0 Å². The van der Waals surface area contributed by atoms with E-state index in [1.165, 1.54) is 0 Å². The van der Waals surface area contributed by atoms with Crippen molar-refractivity contribution in [3.63, 3.8) is 0 Å². The summed E-state index contributed by atoms with van der Waals surface area (Å²) in [4.78, 5) is 0. The minimum absolute atomic E-state index is 0. The van der Waals surface area contributed by atoms with Crippen LogP contribution in [0.5, 0.6) is 0 Å². The van der Waals surface area contributed by atoms with Gasteiger partial charge in [-0.15, -0.1) is 11.8 Å². The molecule has 0 heterocycles. The van der Waals surface area contributed by atoms with E-state index in [9.17, 15) is 0 Å². The Balaban J connectivity index is 0.000000640. The Hall–Kier alpha value is -0.338. The van der Waals surface area contributed by atoms with Gasteiger partial charge in [-0.05, 0) is 12.5 Å². The van der Waals surface area contributed by atoms with Crippen molar-refractivity contribution < 1.29 is 20.4 Å². The molecule has 1 heteroatoms. The largest absolute Gasteiger partial charge is 0.255 e. The van der Waals surface area contributed by atoms with E-state index in [-0.39, 0.29) is 20.4 Å². The maximum absolute atomic E-state index is 3.52. The molecule has 0 unspecified atom stereocenters. The Labute approximate surface area is 69.3 Å². The van der Waals surface area contributed by atoms with Crippen molar-refractivity contribution in [2.75, 3.05) is 0 Å². The average Bonchev–Trinajstić information content (AvgIpc) is 1.90. The molecule has 0 bridgehead atoms. The van der Waals surface area contributed by atoms with Gasteiger partial charge in [0.1, 0.15) is 0 Å². The van der Waals surface area contributed by atoms with Crippen LogP contribution in [-0.2, 0) is 20.4 Å². The SMILES string of the molecule is C=[C-]C1=CC=C=CC1.[Re]. The molecule has 0 spiro atoms. The zero-order valence-corrected chi connectivity index (χ0v) is 7.74. The molecule has 0 nitrogen and oxygen atoms in total. The third-order valence-corrected chi connectivity index (χ3v) is 1.05. The molecule has 0 saturated carbocycles. The van der Waals surface area contributed by atoms with Crippen LogP contribution in [0.15, 0.2) is 36.1 Å². The van der Waals surface area contributed by atoms with Crippen LogP contribution in [-0.4, -0.2) is 0 Å². The Bertz CT molecular complexity index is 181. The van der Waals surface area contributed by atoms with Gasteiger partial charge in [0.05, 0.1) is 0 Å². The third-order valence-electron chi connectivity index (χ3n) is 1.05. The van der Waals surface area contributed by atoms with Crippen LogP contribution in [0.2, 0.25) is 0 Å². The summed E-state index contributed by atoms with van der Waals surface area (Å²) in [6, 6.07) is 0. The van der Waals surface area contributed by atoms with Crippen molar-refractivity contribution in [1.82, 2.24) is 0 Å². The molecule has 0 aromatic heterocycles. The molecule has 47 valence electrons. The van der Waals surface area contributed by atoms with Gasteiger partial charge in [-0.1, -0.05) is 0 Å². The summed E-state index contributed by atoms with van der Waals surface area (Å²) in [6.07, 6.45) is 9.55. The van der Waals surface area contributed by atoms with E-state index >= 15 is 0 Å². The van der Waals surface area contributed by atoms with Crippen LogP contribution >= 0.6 is 0 Å². The molecule has 0 N–H and O–H groups in total. The molecule has 0 atom stereocenters. The summed E-state index contributed by atoms with van der Waals surface area (Å²) in [6.45, 7) is 3.52. The minimum atomic E-state index is 0. The first-order valence-corrected chi connectivity index (χ1v) is 2.56. The summed E-state index contributed by atoms with van der Waals surface area (Å²) in [5.41, 5.74) is 4.10.